The molecule has 1 fully saturated rings. The van der Waals surface area contributed by atoms with Crippen LogP contribution >= 0.6 is 0 Å². The smallest absolute Gasteiger partial charge is 0.404 e. The Morgan fingerprint density at radius 3 is 3.00 bits per heavy atom. The van der Waals surface area contributed by atoms with Crippen LogP contribution in [0.25, 0.3) is 0 Å². The van der Waals surface area contributed by atoms with Crippen LogP contribution in [-0.4, -0.2) is 43.0 Å². The molecule has 1 aliphatic heterocycles. The van der Waals surface area contributed by atoms with Gasteiger partial charge in [-0.1, -0.05) is 0 Å². The van der Waals surface area contributed by atoms with Crippen LogP contribution in [0.5, 0.6) is 0 Å². The standard InChI is InChI=1S/C7H12F2N2O3/c8-6(9)14-3-5-1-4(2-10-5)11-7(12)13/h4-6,10-11H,1-3H2,(H,12,13)/t4-,5-/m0/s1. The second-order valence-corrected chi connectivity index (χ2v) is 3.08. The summed E-state index contributed by atoms with van der Waals surface area (Å²) in [7, 11) is 0. The molecule has 0 bridgehead atoms. The molecule has 3 N–H and O–H groups in total. The van der Waals surface area contributed by atoms with Gasteiger partial charge in [0.05, 0.1) is 6.61 Å². The van der Waals surface area contributed by atoms with Crippen molar-refractivity contribution in [1.29, 1.82) is 0 Å². The van der Waals surface area contributed by atoms with Gasteiger partial charge >= 0.3 is 12.7 Å². The van der Waals surface area contributed by atoms with Crippen molar-refractivity contribution in [2.45, 2.75) is 25.1 Å². The van der Waals surface area contributed by atoms with Crippen LogP contribution in [-0.2, 0) is 4.74 Å². The van der Waals surface area contributed by atoms with E-state index in [0.717, 1.165) is 0 Å². The average Bonchev–Trinajstić information content (AvgIpc) is 2.47. The molecule has 0 saturated carbocycles. The number of hydrogen-bond acceptors (Lipinski definition) is 3. The SMILES string of the molecule is O=C(O)N[C@@H]1CN[C@H](COC(F)F)C1. The lowest BCUT2D eigenvalue weighted by atomic mass is 10.2. The molecule has 0 aromatic carbocycles. The molecular formula is C7H12F2N2O3. The van der Waals surface area contributed by atoms with Gasteiger partial charge in [-0.3, -0.25) is 0 Å². The molecule has 7 heteroatoms. The van der Waals surface area contributed by atoms with E-state index in [1.807, 2.05) is 0 Å². The van der Waals surface area contributed by atoms with E-state index in [-0.39, 0.29) is 18.7 Å². The van der Waals surface area contributed by atoms with E-state index in [2.05, 4.69) is 15.4 Å². The van der Waals surface area contributed by atoms with Crippen molar-refractivity contribution in [2.75, 3.05) is 13.2 Å². The molecule has 1 rings (SSSR count). The predicted molar refractivity (Wildman–Crippen MR) is 43.3 cm³/mol. The molecule has 0 aromatic heterocycles. The highest BCUT2D eigenvalue weighted by atomic mass is 19.3. The van der Waals surface area contributed by atoms with Gasteiger partial charge in [-0.2, -0.15) is 8.78 Å². The van der Waals surface area contributed by atoms with Gasteiger partial charge in [0.25, 0.3) is 0 Å². The zero-order valence-electron chi connectivity index (χ0n) is 7.37. The summed E-state index contributed by atoms with van der Waals surface area (Å²) in [6, 6.07) is -0.431. The van der Waals surface area contributed by atoms with Crippen LogP contribution < -0.4 is 10.6 Å². The van der Waals surface area contributed by atoms with Crippen molar-refractivity contribution in [3.05, 3.63) is 0 Å². The molecule has 14 heavy (non-hydrogen) atoms. The maximum atomic E-state index is 11.6. The van der Waals surface area contributed by atoms with Crippen molar-refractivity contribution in [3.63, 3.8) is 0 Å². The van der Waals surface area contributed by atoms with Crippen LogP contribution in [0.1, 0.15) is 6.42 Å². The fraction of sp³-hybridized carbons (Fsp3) is 0.857. The molecule has 1 amide bonds. The van der Waals surface area contributed by atoms with Crippen molar-refractivity contribution >= 4 is 6.09 Å². The highest BCUT2D eigenvalue weighted by Gasteiger charge is 2.25. The Morgan fingerprint density at radius 1 is 1.71 bits per heavy atom. The first-order valence-electron chi connectivity index (χ1n) is 4.20. The zero-order valence-corrected chi connectivity index (χ0v) is 7.37. The number of hydrogen-bond donors (Lipinski definition) is 3. The summed E-state index contributed by atoms with van der Waals surface area (Å²) in [5.41, 5.74) is 0. The molecule has 5 nitrogen and oxygen atoms in total. The van der Waals surface area contributed by atoms with Gasteiger partial charge in [-0.05, 0) is 6.42 Å². The van der Waals surface area contributed by atoms with E-state index in [0.29, 0.717) is 13.0 Å². The third-order valence-corrected chi connectivity index (χ3v) is 1.97. The molecule has 82 valence electrons. The molecule has 0 aliphatic carbocycles. The number of alkyl halides is 2. The number of rotatable bonds is 4. The second kappa shape index (κ2) is 5.06. The summed E-state index contributed by atoms with van der Waals surface area (Å²) < 4.78 is 27.4. The summed E-state index contributed by atoms with van der Waals surface area (Å²) in [5.74, 6) is 0. The fourth-order valence-electron chi connectivity index (χ4n) is 1.42. The van der Waals surface area contributed by atoms with Gasteiger partial charge < -0.3 is 20.5 Å². The van der Waals surface area contributed by atoms with Crippen LogP contribution in [0.15, 0.2) is 0 Å². The van der Waals surface area contributed by atoms with Gasteiger partial charge in [0.15, 0.2) is 0 Å². The molecule has 1 saturated heterocycles. The third-order valence-electron chi connectivity index (χ3n) is 1.97. The molecule has 1 aliphatic rings. The zero-order chi connectivity index (χ0) is 10.6. The van der Waals surface area contributed by atoms with E-state index in [1.165, 1.54) is 0 Å². The Morgan fingerprint density at radius 2 is 2.43 bits per heavy atom. The number of halogens is 2. The average molecular weight is 210 g/mol. The molecule has 0 unspecified atom stereocenters. The van der Waals surface area contributed by atoms with Crippen LogP contribution in [0.3, 0.4) is 0 Å². The first-order valence-corrected chi connectivity index (χ1v) is 4.20. The minimum atomic E-state index is -2.77. The summed E-state index contributed by atoms with van der Waals surface area (Å²) in [4.78, 5) is 10.2. The Kier molecular flexibility index (Phi) is 4.02. The molecule has 0 spiro atoms. The highest BCUT2D eigenvalue weighted by Crippen LogP contribution is 2.08. The Labute approximate surface area is 79.4 Å². The number of carboxylic acid groups (broad SMARTS) is 1. The minimum absolute atomic E-state index is 0.102. The summed E-state index contributed by atoms with van der Waals surface area (Å²) in [6.07, 6.45) is -0.633. The summed E-state index contributed by atoms with van der Waals surface area (Å²) >= 11 is 0. The van der Waals surface area contributed by atoms with E-state index in [9.17, 15) is 13.6 Å². The minimum Gasteiger partial charge on any atom is -0.465 e. The quantitative estimate of drug-likeness (QED) is 0.621. The molecule has 0 radical (unpaired) electrons. The Balaban J connectivity index is 2.17. The number of nitrogens with one attached hydrogen (secondary N) is 2. The van der Waals surface area contributed by atoms with Crippen LogP contribution in [0.4, 0.5) is 13.6 Å². The lowest BCUT2D eigenvalue weighted by Crippen LogP contribution is -2.34. The Hall–Kier alpha value is -0.950. The number of carbonyl (C=O) groups is 1. The van der Waals surface area contributed by atoms with Gasteiger partial charge in [0.2, 0.25) is 0 Å². The van der Waals surface area contributed by atoms with E-state index >= 15 is 0 Å². The van der Waals surface area contributed by atoms with Crippen molar-refractivity contribution in [3.8, 4) is 0 Å². The molecular weight excluding hydrogens is 198 g/mol. The largest absolute Gasteiger partial charge is 0.465 e. The lowest BCUT2D eigenvalue weighted by molar-refractivity contribution is -0.132. The third kappa shape index (κ3) is 3.84. The van der Waals surface area contributed by atoms with Crippen molar-refractivity contribution in [1.82, 2.24) is 10.6 Å². The number of ether oxygens (including phenoxy) is 1. The van der Waals surface area contributed by atoms with Gasteiger partial charge in [-0.25, -0.2) is 4.79 Å². The second-order valence-electron chi connectivity index (χ2n) is 3.08. The fourth-order valence-corrected chi connectivity index (χ4v) is 1.42. The van der Waals surface area contributed by atoms with Gasteiger partial charge in [0.1, 0.15) is 0 Å². The van der Waals surface area contributed by atoms with Gasteiger partial charge in [0, 0.05) is 18.6 Å². The Bertz CT molecular complexity index is 203. The van der Waals surface area contributed by atoms with Crippen molar-refractivity contribution < 1.29 is 23.4 Å². The molecule has 0 aromatic rings. The normalized spacial score (nSPS) is 26.8. The highest BCUT2D eigenvalue weighted by molar-refractivity contribution is 5.64. The topological polar surface area (TPSA) is 70.6 Å². The number of amides is 1. The lowest BCUT2D eigenvalue weighted by Gasteiger charge is -2.10. The first-order chi connectivity index (χ1) is 6.58. The maximum absolute atomic E-state index is 11.6. The van der Waals surface area contributed by atoms with Crippen LogP contribution in [0.2, 0.25) is 0 Å². The molecule has 2 atom stereocenters. The van der Waals surface area contributed by atoms with E-state index in [1.54, 1.807) is 0 Å². The maximum Gasteiger partial charge on any atom is 0.404 e. The summed E-state index contributed by atoms with van der Waals surface area (Å²) in [5, 5.41) is 13.5. The van der Waals surface area contributed by atoms with E-state index in [4.69, 9.17) is 5.11 Å². The van der Waals surface area contributed by atoms with E-state index < -0.39 is 12.7 Å². The van der Waals surface area contributed by atoms with Crippen LogP contribution in [0, 0.1) is 0 Å². The van der Waals surface area contributed by atoms with Crippen molar-refractivity contribution in [2.24, 2.45) is 0 Å². The predicted octanol–water partition coefficient (Wildman–Crippen LogP) is 0.224. The van der Waals surface area contributed by atoms with Gasteiger partial charge in [-0.15, -0.1) is 0 Å². The first kappa shape index (κ1) is 11.1. The molecule has 1 heterocycles. The summed E-state index contributed by atoms with van der Waals surface area (Å²) in [6.45, 7) is -2.43. The monoisotopic (exact) mass is 210 g/mol.